The van der Waals surface area contributed by atoms with E-state index in [-0.39, 0.29) is 23.5 Å². The summed E-state index contributed by atoms with van der Waals surface area (Å²) in [7, 11) is 0. The molecule has 0 fully saturated rings. The highest BCUT2D eigenvalue weighted by Gasteiger charge is 2.19. The van der Waals surface area contributed by atoms with Crippen LogP contribution in [0.1, 0.15) is 33.6 Å². The number of hydrogen-bond acceptors (Lipinski definition) is 3. The zero-order valence-electron chi connectivity index (χ0n) is 11.4. The average molecular weight is 249 g/mol. The molecule has 0 radical (unpaired) electrons. The van der Waals surface area contributed by atoms with Gasteiger partial charge in [0.25, 0.3) is 0 Å². The highest BCUT2D eigenvalue weighted by atomic mass is 16.3. The van der Waals surface area contributed by atoms with Gasteiger partial charge < -0.3 is 10.4 Å². The number of rotatable bonds is 2. The average Bonchev–Trinajstić information content (AvgIpc) is 2.36. The predicted molar refractivity (Wildman–Crippen MR) is 74.5 cm³/mol. The summed E-state index contributed by atoms with van der Waals surface area (Å²) in [6.45, 7) is 6.58. The molecule has 3 heteroatoms. The molecule has 0 saturated heterocycles. The van der Waals surface area contributed by atoms with Crippen LogP contribution < -0.4 is 5.32 Å². The summed E-state index contributed by atoms with van der Waals surface area (Å²) in [6.07, 6.45) is 8.64. The molecular formula is C15H23NO2. The molecule has 2 N–H and O–H groups in total. The third-order valence-electron chi connectivity index (χ3n) is 3.35. The second-order valence-corrected chi connectivity index (χ2v) is 4.75. The lowest BCUT2D eigenvalue weighted by molar-refractivity contribution is -0.122. The molecule has 2 atom stereocenters. The van der Waals surface area contributed by atoms with Crippen molar-refractivity contribution in [2.24, 2.45) is 5.92 Å². The smallest absolute Gasteiger partial charge is 0.140 e. The van der Waals surface area contributed by atoms with Crippen molar-refractivity contribution in [2.75, 3.05) is 6.54 Å². The molecular weight excluding hydrogens is 226 g/mol. The number of Topliss-reactive ketones (excluding diaryl/α,β-unsaturated/α-hetero) is 1. The summed E-state index contributed by atoms with van der Waals surface area (Å²) in [5.74, 6) is 0.430. The summed E-state index contributed by atoms with van der Waals surface area (Å²) in [5, 5.41) is 13.2. The SMILES string of the molecule is CC/C=C/C1=C(\O)C=CCC(=O)C(C)C(C)NC1. The molecule has 1 heterocycles. The van der Waals surface area contributed by atoms with Gasteiger partial charge in [-0.1, -0.05) is 32.1 Å². The van der Waals surface area contributed by atoms with E-state index in [0.717, 1.165) is 12.0 Å². The first-order valence-electron chi connectivity index (χ1n) is 6.57. The number of allylic oxidation sites excluding steroid dienone is 3. The monoisotopic (exact) mass is 249 g/mol. The fourth-order valence-corrected chi connectivity index (χ4v) is 1.80. The predicted octanol–water partition coefficient (Wildman–Crippen LogP) is 2.91. The summed E-state index contributed by atoms with van der Waals surface area (Å²) in [4.78, 5) is 11.8. The Morgan fingerprint density at radius 3 is 2.89 bits per heavy atom. The van der Waals surface area contributed by atoms with Gasteiger partial charge in [0.15, 0.2) is 0 Å². The number of ketones is 1. The Hall–Kier alpha value is -1.35. The maximum absolute atomic E-state index is 11.8. The van der Waals surface area contributed by atoms with Crippen LogP contribution in [0.4, 0.5) is 0 Å². The number of aliphatic hydroxyl groups is 1. The highest BCUT2D eigenvalue weighted by molar-refractivity contribution is 5.82. The van der Waals surface area contributed by atoms with Gasteiger partial charge in [0.2, 0.25) is 0 Å². The number of hydrogen-bond donors (Lipinski definition) is 2. The van der Waals surface area contributed by atoms with Gasteiger partial charge in [-0.3, -0.25) is 4.79 Å². The van der Waals surface area contributed by atoms with Gasteiger partial charge in [-0.2, -0.15) is 0 Å². The van der Waals surface area contributed by atoms with Gasteiger partial charge in [-0.05, 0) is 19.4 Å². The summed E-state index contributed by atoms with van der Waals surface area (Å²) >= 11 is 0. The fourth-order valence-electron chi connectivity index (χ4n) is 1.80. The largest absolute Gasteiger partial charge is 0.508 e. The zero-order chi connectivity index (χ0) is 13.5. The number of aliphatic hydroxyl groups excluding tert-OH is 1. The van der Waals surface area contributed by atoms with Crippen LogP contribution in [0.3, 0.4) is 0 Å². The molecule has 0 aromatic rings. The second kappa shape index (κ2) is 7.17. The van der Waals surface area contributed by atoms with Crippen molar-refractivity contribution < 1.29 is 9.90 Å². The molecule has 0 aliphatic carbocycles. The highest BCUT2D eigenvalue weighted by Crippen LogP contribution is 2.13. The van der Waals surface area contributed by atoms with Crippen molar-refractivity contribution in [3.05, 3.63) is 35.6 Å². The van der Waals surface area contributed by atoms with Gasteiger partial charge in [0.1, 0.15) is 11.5 Å². The van der Waals surface area contributed by atoms with Crippen LogP contribution >= 0.6 is 0 Å². The van der Waals surface area contributed by atoms with E-state index < -0.39 is 0 Å². The molecule has 0 saturated carbocycles. The van der Waals surface area contributed by atoms with E-state index in [1.165, 1.54) is 0 Å². The first kappa shape index (κ1) is 14.7. The van der Waals surface area contributed by atoms with E-state index in [1.54, 1.807) is 12.2 Å². The minimum atomic E-state index is -0.00806. The van der Waals surface area contributed by atoms with E-state index in [9.17, 15) is 9.90 Å². The molecule has 100 valence electrons. The lowest BCUT2D eigenvalue weighted by Gasteiger charge is -2.21. The molecule has 0 bridgehead atoms. The molecule has 2 unspecified atom stereocenters. The van der Waals surface area contributed by atoms with Crippen molar-refractivity contribution in [2.45, 2.75) is 39.7 Å². The van der Waals surface area contributed by atoms with Crippen LogP contribution in [0.25, 0.3) is 0 Å². The second-order valence-electron chi connectivity index (χ2n) is 4.75. The molecule has 1 rings (SSSR count). The molecule has 18 heavy (non-hydrogen) atoms. The lowest BCUT2D eigenvalue weighted by atomic mass is 9.95. The van der Waals surface area contributed by atoms with Gasteiger partial charge in [0, 0.05) is 30.5 Å². The molecule has 3 nitrogen and oxygen atoms in total. The van der Waals surface area contributed by atoms with E-state index in [0.29, 0.717) is 13.0 Å². The van der Waals surface area contributed by atoms with Gasteiger partial charge in [-0.25, -0.2) is 0 Å². The van der Waals surface area contributed by atoms with Gasteiger partial charge in [0.05, 0.1) is 0 Å². The van der Waals surface area contributed by atoms with E-state index in [2.05, 4.69) is 12.2 Å². The summed E-state index contributed by atoms with van der Waals surface area (Å²) in [5.41, 5.74) is 0.862. The Bertz CT molecular complexity index is 380. The number of carbonyl (C=O) groups is 1. The Balaban J connectivity index is 2.93. The molecule has 1 aliphatic rings. The van der Waals surface area contributed by atoms with Crippen molar-refractivity contribution in [1.82, 2.24) is 5.32 Å². The minimum Gasteiger partial charge on any atom is -0.508 e. The molecule has 0 aromatic heterocycles. The Labute approximate surface area is 109 Å². The van der Waals surface area contributed by atoms with Gasteiger partial charge >= 0.3 is 0 Å². The van der Waals surface area contributed by atoms with Crippen LogP contribution in [0.5, 0.6) is 0 Å². The summed E-state index contributed by atoms with van der Waals surface area (Å²) in [6, 6.07) is 0.113. The van der Waals surface area contributed by atoms with Crippen LogP contribution in [-0.2, 0) is 4.79 Å². The van der Waals surface area contributed by atoms with Crippen molar-refractivity contribution in [3.8, 4) is 0 Å². The van der Waals surface area contributed by atoms with E-state index in [4.69, 9.17) is 0 Å². The summed E-state index contributed by atoms with van der Waals surface area (Å²) < 4.78 is 0. The Morgan fingerprint density at radius 1 is 1.50 bits per heavy atom. The third kappa shape index (κ3) is 4.15. The zero-order valence-corrected chi connectivity index (χ0v) is 11.4. The Morgan fingerprint density at radius 2 is 2.22 bits per heavy atom. The van der Waals surface area contributed by atoms with Crippen LogP contribution in [0.2, 0.25) is 0 Å². The third-order valence-corrected chi connectivity index (χ3v) is 3.35. The Kier molecular flexibility index (Phi) is 5.86. The molecule has 0 spiro atoms. The quantitative estimate of drug-likeness (QED) is 0.791. The molecule has 0 amide bonds. The van der Waals surface area contributed by atoms with E-state index in [1.807, 2.05) is 26.0 Å². The first-order chi connectivity index (χ1) is 8.56. The van der Waals surface area contributed by atoms with Crippen molar-refractivity contribution >= 4 is 5.78 Å². The number of nitrogens with one attached hydrogen (secondary N) is 1. The standard InChI is InChI=1S/C15H23NO2/c1-4-5-7-13-10-16-12(3)11(2)14(17)8-6-9-15(13)18/h5-7,9,11-12,16,18H,4,8,10H2,1-3H3/b7-5+,9-6?,15-13+. The fraction of sp³-hybridized carbons (Fsp3) is 0.533. The normalized spacial score (nSPS) is 30.9. The molecule has 0 aromatic carbocycles. The lowest BCUT2D eigenvalue weighted by Crippen LogP contribution is -2.37. The number of carbonyl (C=O) groups excluding carboxylic acids is 1. The van der Waals surface area contributed by atoms with E-state index >= 15 is 0 Å². The maximum Gasteiger partial charge on any atom is 0.140 e. The van der Waals surface area contributed by atoms with Crippen LogP contribution in [0.15, 0.2) is 35.6 Å². The van der Waals surface area contributed by atoms with Crippen LogP contribution in [-0.4, -0.2) is 23.5 Å². The maximum atomic E-state index is 11.8. The van der Waals surface area contributed by atoms with Crippen molar-refractivity contribution in [1.29, 1.82) is 0 Å². The first-order valence-corrected chi connectivity index (χ1v) is 6.57. The van der Waals surface area contributed by atoms with Crippen molar-refractivity contribution in [3.63, 3.8) is 0 Å². The minimum absolute atomic E-state index is 0.00806. The topological polar surface area (TPSA) is 49.3 Å². The van der Waals surface area contributed by atoms with Crippen LogP contribution in [0, 0.1) is 5.92 Å². The van der Waals surface area contributed by atoms with Gasteiger partial charge in [-0.15, -0.1) is 0 Å². The molecule has 1 aliphatic heterocycles.